The smallest absolute Gasteiger partial charge is 0.171 e. The summed E-state index contributed by atoms with van der Waals surface area (Å²) in [6.07, 6.45) is 66.8. The lowest BCUT2D eigenvalue weighted by Crippen LogP contribution is -2.34. The lowest BCUT2D eigenvalue weighted by Gasteiger charge is -2.08. The maximum absolute atomic E-state index is 2.59. The van der Waals surface area contributed by atoms with Crippen molar-refractivity contribution in [3.8, 4) is 0 Å². The molecule has 0 N–H and O–H groups in total. The summed E-state index contributed by atoms with van der Waals surface area (Å²) in [4.78, 5) is 0. The van der Waals surface area contributed by atoms with Crippen LogP contribution in [0.15, 0.2) is 18.5 Å². The minimum absolute atomic E-state index is 1.22. The highest BCUT2D eigenvalue weighted by molar-refractivity contribution is 5.15. The molecule has 0 radical (unpaired) electrons. The second kappa shape index (κ2) is 42.3. The zero-order chi connectivity index (χ0) is 38.0. The first-order chi connectivity index (χ1) is 26.3. The van der Waals surface area contributed by atoms with Gasteiger partial charge in [0, 0.05) is 17.5 Å². The van der Waals surface area contributed by atoms with Gasteiger partial charge in [0.1, 0.15) is 6.54 Å². The van der Waals surface area contributed by atoms with Crippen molar-refractivity contribution >= 4 is 0 Å². The van der Waals surface area contributed by atoms with Crippen LogP contribution in [0.2, 0.25) is 0 Å². The van der Waals surface area contributed by atoms with Gasteiger partial charge in [0.2, 0.25) is 0 Å². The Morgan fingerprint density at radius 1 is 0.264 bits per heavy atom. The molecule has 0 fully saturated rings. The molecule has 312 valence electrons. The van der Waals surface area contributed by atoms with Gasteiger partial charge in [0.15, 0.2) is 12.4 Å². The minimum atomic E-state index is 1.22. The van der Waals surface area contributed by atoms with Crippen LogP contribution >= 0.6 is 0 Å². The quantitative estimate of drug-likeness (QED) is 0.0464. The Morgan fingerprint density at radius 3 is 0.717 bits per heavy atom. The third kappa shape index (κ3) is 36.5. The Morgan fingerprint density at radius 2 is 0.472 bits per heavy atom. The number of hydrogen-bond donors (Lipinski definition) is 0. The van der Waals surface area contributed by atoms with Gasteiger partial charge in [-0.05, 0) is 38.2 Å². The molecule has 0 aliphatic carbocycles. The van der Waals surface area contributed by atoms with Crippen LogP contribution in [0, 0.1) is 0 Å². The topological polar surface area (TPSA) is 3.88 Å². The standard InChI is InChI=1S/C52H100N/c1-4-7-10-13-16-19-22-25-26-29-32-35-38-41-44-47-53-49-51(45-42-39-36-33-30-27-23-20-17-14-11-8-5-2)48-52(50-53)46-43-40-37-34-31-28-24-21-18-15-12-9-6-3/h48-50H,4-47H2,1-3H3/q+1. The number of rotatable bonds is 44. The van der Waals surface area contributed by atoms with Gasteiger partial charge in [-0.3, -0.25) is 0 Å². The van der Waals surface area contributed by atoms with Gasteiger partial charge in [0.25, 0.3) is 0 Å². The SMILES string of the molecule is CCCCCCCCCCCCCCCCC[n+]1cc(CCCCCCCCCCCCCCC)cc(CCCCCCCCCCCCCCC)c1. The van der Waals surface area contributed by atoms with Gasteiger partial charge in [-0.15, -0.1) is 0 Å². The maximum atomic E-state index is 2.59. The van der Waals surface area contributed by atoms with Crippen LogP contribution in [0.5, 0.6) is 0 Å². The molecule has 0 saturated carbocycles. The summed E-state index contributed by atoms with van der Waals surface area (Å²) >= 11 is 0. The number of aromatic nitrogens is 1. The fourth-order valence-corrected chi connectivity index (χ4v) is 8.54. The van der Waals surface area contributed by atoms with Crippen molar-refractivity contribution in [2.24, 2.45) is 0 Å². The molecule has 0 aliphatic heterocycles. The molecule has 53 heavy (non-hydrogen) atoms. The van der Waals surface area contributed by atoms with E-state index < -0.39 is 0 Å². The van der Waals surface area contributed by atoms with Gasteiger partial charge in [-0.2, -0.15) is 0 Å². The first kappa shape index (κ1) is 50.2. The van der Waals surface area contributed by atoms with Gasteiger partial charge >= 0.3 is 0 Å². The zero-order valence-corrected chi connectivity index (χ0v) is 37.3. The van der Waals surface area contributed by atoms with Crippen molar-refractivity contribution in [3.63, 3.8) is 0 Å². The van der Waals surface area contributed by atoms with E-state index in [1.165, 1.54) is 283 Å². The largest absolute Gasteiger partial charge is 0.205 e. The van der Waals surface area contributed by atoms with E-state index in [0.717, 1.165) is 0 Å². The summed E-state index contributed by atoms with van der Waals surface area (Å²) in [6.45, 7) is 8.17. The van der Waals surface area contributed by atoms with Crippen molar-refractivity contribution in [2.75, 3.05) is 0 Å². The summed E-state index contributed by atoms with van der Waals surface area (Å²) < 4.78 is 2.59. The molecule has 0 unspecified atom stereocenters. The minimum Gasteiger partial charge on any atom is -0.205 e. The second-order valence-electron chi connectivity index (χ2n) is 17.7. The third-order valence-corrected chi connectivity index (χ3v) is 12.2. The Hall–Kier alpha value is -0.850. The van der Waals surface area contributed by atoms with Crippen LogP contribution in [-0.2, 0) is 19.4 Å². The highest BCUT2D eigenvalue weighted by atomic mass is 14.9. The van der Waals surface area contributed by atoms with Crippen molar-refractivity contribution in [3.05, 3.63) is 29.6 Å². The first-order valence-corrected chi connectivity index (χ1v) is 25.3. The van der Waals surface area contributed by atoms with E-state index in [4.69, 9.17) is 0 Å². The molecule has 1 aromatic rings. The predicted octanol–water partition coefficient (Wildman–Crippen LogP) is 18.1. The molecule has 1 heteroatoms. The van der Waals surface area contributed by atoms with Crippen molar-refractivity contribution in [1.82, 2.24) is 0 Å². The van der Waals surface area contributed by atoms with Crippen molar-refractivity contribution in [1.29, 1.82) is 0 Å². The summed E-state index contributed by atoms with van der Waals surface area (Å²) in [5, 5.41) is 0. The maximum Gasteiger partial charge on any atom is 0.171 e. The Balaban J connectivity index is 2.29. The molecule has 0 bridgehead atoms. The van der Waals surface area contributed by atoms with Crippen LogP contribution < -0.4 is 4.57 Å². The van der Waals surface area contributed by atoms with Crippen molar-refractivity contribution in [2.45, 2.75) is 303 Å². The fourth-order valence-electron chi connectivity index (χ4n) is 8.54. The monoisotopic (exact) mass is 739 g/mol. The zero-order valence-electron chi connectivity index (χ0n) is 37.3. The Labute approximate surface area is 336 Å². The number of aryl methyl sites for hydroxylation is 3. The van der Waals surface area contributed by atoms with Crippen LogP contribution in [0.1, 0.15) is 295 Å². The van der Waals surface area contributed by atoms with E-state index in [0.29, 0.717) is 0 Å². The molecular weight excluding hydrogens is 639 g/mol. The van der Waals surface area contributed by atoms with Crippen LogP contribution in [0.3, 0.4) is 0 Å². The van der Waals surface area contributed by atoms with E-state index in [1.807, 2.05) is 0 Å². The van der Waals surface area contributed by atoms with E-state index in [9.17, 15) is 0 Å². The fraction of sp³-hybridized carbons (Fsp3) is 0.904. The van der Waals surface area contributed by atoms with Crippen LogP contribution in [0.4, 0.5) is 0 Å². The highest BCUT2D eigenvalue weighted by Crippen LogP contribution is 2.17. The van der Waals surface area contributed by atoms with Crippen LogP contribution in [0.25, 0.3) is 0 Å². The predicted molar refractivity (Wildman–Crippen MR) is 240 cm³/mol. The molecule has 1 aromatic heterocycles. The molecule has 0 saturated heterocycles. The average Bonchev–Trinajstić information content (AvgIpc) is 3.17. The summed E-state index contributed by atoms with van der Waals surface area (Å²) in [5.74, 6) is 0. The van der Waals surface area contributed by atoms with Crippen LogP contribution in [-0.4, -0.2) is 0 Å². The molecule has 1 heterocycles. The number of unbranched alkanes of at least 4 members (excludes halogenated alkanes) is 38. The number of hydrogen-bond acceptors (Lipinski definition) is 0. The van der Waals surface area contributed by atoms with Gasteiger partial charge in [-0.1, -0.05) is 258 Å². The van der Waals surface area contributed by atoms with Gasteiger partial charge < -0.3 is 0 Å². The average molecular weight is 739 g/mol. The second-order valence-corrected chi connectivity index (χ2v) is 17.7. The molecular formula is C52H100N+. The van der Waals surface area contributed by atoms with Gasteiger partial charge in [0.05, 0.1) is 0 Å². The van der Waals surface area contributed by atoms with E-state index in [1.54, 1.807) is 11.1 Å². The Kier molecular flexibility index (Phi) is 40.0. The molecule has 1 rings (SSSR count). The molecule has 1 nitrogen and oxygen atoms in total. The summed E-state index contributed by atoms with van der Waals surface area (Å²) in [6, 6.07) is 2.59. The Bertz CT molecular complexity index is 780. The lowest BCUT2D eigenvalue weighted by molar-refractivity contribution is -0.698. The molecule has 0 aromatic carbocycles. The summed E-state index contributed by atoms with van der Waals surface area (Å²) in [7, 11) is 0. The molecule has 0 aliphatic rings. The molecule has 0 atom stereocenters. The van der Waals surface area contributed by atoms with E-state index >= 15 is 0 Å². The molecule has 0 spiro atoms. The normalized spacial score (nSPS) is 11.6. The summed E-state index contributed by atoms with van der Waals surface area (Å²) in [5.41, 5.74) is 3.22. The highest BCUT2D eigenvalue weighted by Gasteiger charge is 2.09. The van der Waals surface area contributed by atoms with Gasteiger partial charge in [-0.25, -0.2) is 4.57 Å². The number of pyridine rings is 1. The first-order valence-electron chi connectivity index (χ1n) is 25.3. The van der Waals surface area contributed by atoms with E-state index in [-0.39, 0.29) is 0 Å². The molecule has 0 amide bonds. The van der Waals surface area contributed by atoms with E-state index in [2.05, 4.69) is 43.8 Å². The number of nitrogens with zero attached hydrogens (tertiary/aromatic N) is 1. The third-order valence-electron chi connectivity index (χ3n) is 12.2. The lowest BCUT2D eigenvalue weighted by atomic mass is 10.0. The van der Waals surface area contributed by atoms with Crippen molar-refractivity contribution < 1.29 is 4.57 Å².